The molecule has 1 unspecified atom stereocenters. The van der Waals surface area contributed by atoms with E-state index >= 15 is 0 Å². The molecule has 0 aliphatic carbocycles. The lowest BCUT2D eigenvalue weighted by Gasteiger charge is -2.22. The van der Waals surface area contributed by atoms with E-state index in [1.165, 1.54) is 0 Å². The van der Waals surface area contributed by atoms with Crippen LogP contribution in [0.25, 0.3) is 0 Å². The van der Waals surface area contributed by atoms with Crippen LogP contribution in [0.3, 0.4) is 0 Å². The lowest BCUT2D eigenvalue weighted by Crippen LogP contribution is -2.33. The Morgan fingerprint density at radius 2 is 1.73 bits per heavy atom. The van der Waals surface area contributed by atoms with Crippen molar-refractivity contribution in [2.75, 3.05) is 19.8 Å². The van der Waals surface area contributed by atoms with Crippen LogP contribution in [0, 0.1) is 22.0 Å². The van der Waals surface area contributed by atoms with Crippen LogP contribution in [-0.2, 0) is 19.1 Å². The van der Waals surface area contributed by atoms with Crippen LogP contribution in [0.1, 0.15) is 52.9 Å². The van der Waals surface area contributed by atoms with Crippen LogP contribution in [0.4, 0.5) is 0 Å². The minimum atomic E-state index is -0.818. The third-order valence-electron chi connectivity index (χ3n) is 3.41. The highest BCUT2D eigenvalue weighted by Gasteiger charge is 2.35. The van der Waals surface area contributed by atoms with E-state index in [1.54, 1.807) is 13.8 Å². The Morgan fingerprint density at radius 3 is 2.23 bits per heavy atom. The second-order valence-corrected chi connectivity index (χ2v) is 5.14. The lowest BCUT2D eigenvalue weighted by molar-refractivity contribution is -0.489. The summed E-state index contributed by atoms with van der Waals surface area (Å²) < 4.78 is 9.85. The Bertz CT molecular complexity index is 358. The van der Waals surface area contributed by atoms with Gasteiger partial charge in [0.25, 0.3) is 0 Å². The van der Waals surface area contributed by atoms with Crippen LogP contribution in [0.2, 0.25) is 0 Å². The highest BCUT2D eigenvalue weighted by atomic mass is 16.6. The monoisotopic (exact) mass is 317 g/mol. The van der Waals surface area contributed by atoms with Crippen molar-refractivity contribution >= 4 is 11.9 Å². The average Bonchev–Trinajstić information content (AvgIpc) is 2.44. The molecular weight excluding hydrogens is 290 g/mol. The Hall–Kier alpha value is -1.66. The molecule has 0 aromatic heterocycles. The van der Waals surface area contributed by atoms with E-state index in [-0.39, 0.29) is 26.2 Å². The molecule has 0 rings (SSSR count). The van der Waals surface area contributed by atoms with Crippen molar-refractivity contribution in [3.8, 4) is 0 Å². The number of carbonyl (C=O) groups is 2. The Kier molecular flexibility index (Phi) is 11.0. The van der Waals surface area contributed by atoms with Gasteiger partial charge < -0.3 is 9.47 Å². The minimum Gasteiger partial charge on any atom is -0.466 e. The highest BCUT2D eigenvalue weighted by Crippen LogP contribution is 2.25. The Morgan fingerprint density at radius 1 is 1.09 bits per heavy atom. The minimum absolute atomic E-state index is 0.169. The van der Waals surface area contributed by atoms with Crippen molar-refractivity contribution in [1.29, 1.82) is 0 Å². The molecule has 0 amide bonds. The topological polar surface area (TPSA) is 95.7 Å². The standard InChI is InChI=1S/C15H27NO6/c1-4-7-8-9-12(11-16(19)20)13(15(18)22-6-3)10-14(17)21-5-2/h12-13H,4-11H2,1-3H3/t12-,13?/m0/s1. The molecule has 128 valence electrons. The zero-order chi connectivity index (χ0) is 17.0. The Labute approximate surface area is 131 Å². The van der Waals surface area contributed by atoms with E-state index < -0.39 is 28.7 Å². The van der Waals surface area contributed by atoms with E-state index in [9.17, 15) is 19.7 Å². The number of nitrogens with zero attached hydrogens (tertiary/aromatic N) is 1. The van der Waals surface area contributed by atoms with Crippen LogP contribution >= 0.6 is 0 Å². The summed E-state index contributed by atoms with van der Waals surface area (Å²) in [5, 5.41) is 10.9. The largest absolute Gasteiger partial charge is 0.466 e. The van der Waals surface area contributed by atoms with Gasteiger partial charge in [-0.3, -0.25) is 19.7 Å². The average molecular weight is 317 g/mol. The van der Waals surface area contributed by atoms with Gasteiger partial charge in [0.2, 0.25) is 6.54 Å². The van der Waals surface area contributed by atoms with E-state index in [2.05, 4.69) is 0 Å². The molecular formula is C15H27NO6. The van der Waals surface area contributed by atoms with Crippen molar-refractivity contribution in [3.05, 3.63) is 10.1 Å². The van der Waals surface area contributed by atoms with Gasteiger partial charge in [-0.05, 0) is 20.3 Å². The molecule has 0 aromatic rings. The van der Waals surface area contributed by atoms with Crippen molar-refractivity contribution in [2.24, 2.45) is 11.8 Å². The fourth-order valence-corrected chi connectivity index (χ4v) is 2.36. The number of rotatable bonds is 12. The van der Waals surface area contributed by atoms with Gasteiger partial charge in [-0.1, -0.05) is 26.2 Å². The number of hydrogen-bond acceptors (Lipinski definition) is 6. The van der Waals surface area contributed by atoms with Gasteiger partial charge in [0.05, 0.1) is 25.6 Å². The van der Waals surface area contributed by atoms with Crippen molar-refractivity contribution in [3.63, 3.8) is 0 Å². The summed E-state index contributed by atoms with van der Waals surface area (Å²) in [6, 6.07) is 0. The zero-order valence-corrected chi connectivity index (χ0v) is 13.7. The van der Waals surface area contributed by atoms with Gasteiger partial charge in [-0.2, -0.15) is 0 Å². The normalized spacial score (nSPS) is 13.2. The third-order valence-corrected chi connectivity index (χ3v) is 3.41. The summed E-state index contributed by atoms with van der Waals surface area (Å²) in [5.74, 6) is -2.41. The second kappa shape index (κ2) is 11.9. The molecule has 0 aliphatic rings. The predicted octanol–water partition coefficient (Wildman–Crippen LogP) is 2.59. The van der Waals surface area contributed by atoms with Gasteiger partial charge >= 0.3 is 11.9 Å². The first-order chi connectivity index (χ1) is 10.5. The molecule has 0 saturated heterocycles. The number of hydrogen-bond donors (Lipinski definition) is 0. The molecule has 0 spiro atoms. The van der Waals surface area contributed by atoms with E-state index in [1.807, 2.05) is 6.92 Å². The van der Waals surface area contributed by atoms with Crippen molar-refractivity contribution < 1.29 is 24.0 Å². The number of carbonyl (C=O) groups excluding carboxylic acids is 2. The second-order valence-electron chi connectivity index (χ2n) is 5.14. The molecule has 0 bridgehead atoms. The van der Waals surface area contributed by atoms with E-state index in [4.69, 9.17) is 9.47 Å². The number of ether oxygens (including phenoxy) is 2. The third kappa shape index (κ3) is 8.59. The molecule has 0 aromatic carbocycles. The highest BCUT2D eigenvalue weighted by molar-refractivity contribution is 5.80. The molecule has 2 atom stereocenters. The number of unbranched alkanes of at least 4 members (excludes halogenated alkanes) is 2. The first kappa shape index (κ1) is 20.3. The van der Waals surface area contributed by atoms with Gasteiger partial charge in [0.15, 0.2) is 0 Å². The fourth-order valence-electron chi connectivity index (χ4n) is 2.36. The van der Waals surface area contributed by atoms with Gasteiger partial charge in [-0.25, -0.2) is 0 Å². The Balaban J connectivity index is 5.00. The van der Waals surface area contributed by atoms with Crippen LogP contribution in [0.5, 0.6) is 0 Å². The quantitative estimate of drug-likeness (QED) is 0.237. The summed E-state index contributed by atoms with van der Waals surface area (Å²) in [6.07, 6.45) is 3.05. The van der Waals surface area contributed by atoms with E-state index in [0.717, 1.165) is 19.3 Å². The van der Waals surface area contributed by atoms with Crippen LogP contribution < -0.4 is 0 Å². The maximum atomic E-state index is 12.1. The smallest absolute Gasteiger partial charge is 0.310 e. The van der Waals surface area contributed by atoms with Gasteiger partial charge in [-0.15, -0.1) is 0 Å². The molecule has 0 saturated carbocycles. The predicted molar refractivity (Wildman–Crippen MR) is 80.9 cm³/mol. The van der Waals surface area contributed by atoms with Crippen molar-refractivity contribution in [1.82, 2.24) is 0 Å². The van der Waals surface area contributed by atoms with Crippen molar-refractivity contribution in [2.45, 2.75) is 52.9 Å². The SMILES string of the molecule is CCCCC[C@@H](C[N+](=O)[O-])C(CC(=O)OCC)C(=O)OCC. The lowest BCUT2D eigenvalue weighted by atomic mass is 9.85. The molecule has 0 heterocycles. The zero-order valence-electron chi connectivity index (χ0n) is 13.7. The summed E-state index contributed by atoms with van der Waals surface area (Å²) >= 11 is 0. The first-order valence-electron chi connectivity index (χ1n) is 7.90. The van der Waals surface area contributed by atoms with Crippen LogP contribution in [0.15, 0.2) is 0 Å². The molecule has 22 heavy (non-hydrogen) atoms. The maximum absolute atomic E-state index is 12.1. The molecule has 7 heteroatoms. The van der Waals surface area contributed by atoms with Crippen LogP contribution in [-0.4, -0.2) is 36.6 Å². The maximum Gasteiger partial charge on any atom is 0.310 e. The number of nitro groups is 1. The molecule has 0 fully saturated rings. The summed E-state index contributed by atoms with van der Waals surface area (Å²) in [4.78, 5) is 34.2. The fraction of sp³-hybridized carbons (Fsp3) is 0.867. The van der Waals surface area contributed by atoms with E-state index in [0.29, 0.717) is 6.42 Å². The molecule has 0 aliphatic heterocycles. The first-order valence-corrected chi connectivity index (χ1v) is 7.90. The number of esters is 2. The van der Waals surface area contributed by atoms with Gasteiger partial charge in [0, 0.05) is 10.8 Å². The summed E-state index contributed by atoms with van der Waals surface area (Å²) in [5.41, 5.74) is 0. The molecule has 0 radical (unpaired) electrons. The molecule has 0 N–H and O–H groups in total. The summed E-state index contributed by atoms with van der Waals surface area (Å²) in [6.45, 7) is 5.42. The summed E-state index contributed by atoms with van der Waals surface area (Å²) in [7, 11) is 0. The van der Waals surface area contributed by atoms with Gasteiger partial charge in [0.1, 0.15) is 0 Å². The molecule has 7 nitrogen and oxygen atoms in total.